The lowest BCUT2D eigenvalue weighted by atomic mass is 10.2. The first-order valence-corrected chi connectivity index (χ1v) is 6.17. The van der Waals surface area contributed by atoms with Gasteiger partial charge in [-0.1, -0.05) is 36.5 Å². The van der Waals surface area contributed by atoms with Crippen molar-refractivity contribution in [2.45, 2.75) is 19.8 Å². The molecule has 1 N–H and O–H groups in total. The van der Waals surface area contributed by atoms with E-state index >= 15 is 0 Å². The molecule has 0 aromatic heterocycles. The summed E-state index contributed by atoms with van der Waals surface area (Å²) in [6.07, 6.45) is 1.96. The highest BCUT2D eigenvalue weighted by molar-refractivity contribution is 6.36. The van der Waals surface area contributed by atoms with Gasteiger partial charge in [0.1, 0.15) is 5.75 Å². The van der Waals surface area contributed by atoms with Crippen LogP contribution in [0.5, 0.6) is 5.75 Å². The van der Waals surface area contributed by atoms with Crippen molar-refractivity contribution in [1.29, 1.82) is 0 Å². The topological polar surface area (TPSA) is 38.3 Å². The molecule has 94 valence electrons. The Balaban J connectivity index is 2.83. The quantitative estimate of drug-likeness (QED) is 0.835. The van der Waals surface area contributed by atoms with Gasteiger partial charge in [0.2, 0.25) is 0 Å². The van der Waals surface area contributed by atoms with Crippen LogP contribution in [-0.4, -0.2) is 19.6 Å². The Labute approximate surface area is 111 Å². The SMILES string of the molecule is CCCCNC(=O)c1cc(Cl)c(OC)cc1Cl. The van der Waals surface area contributed by atoms with Crippen LogP contribution in [0.1, 0.15) is 30.1 Å². The second-order valence-corrected chi connectivity index (χ2v) is 4.39. The summed E-state index contributed by atoms with van der Waals surface area (Å²) in [4.78, 5) is 11.8. The summed E-state index contributed by atoms with van der Waals surface area (Å²) in [5, 5.41) is 3.49. The van der Waals surface area contributed by atoms with Gasteiger partial charge >= 0.3 is 0 Å². The lowest BCUT2D eigenvalue weighted by Gasteiger charge is -2.09. The van der Waals surface area contributed by atoms with Crippen molar-refractivity contribution in [2.24, 2.45) is 0 Å². The molecule has 1 aromatic rings. The summed E-state index contributed by atoms with van der Waals surface area (Å²) in [7, 11) is 1.50. The van der Waals surface area contributed by atoms with Gasteiger partial charge in [0.05, 0.1) is 22.7 Å². The van der Waals surface area contributed by atoms with E-state index in [1.165, 1.54) is 13.2 Å². The Morgan fingerprint density at radius 2 is 2.06 bits per heavy atom. The monoisotopic (exact) mass is 275 g/mol. The molecule has 0 unspecified atom stereocenters. The Bertz CT molecular complexity index is 408. The Morgan fingerprint density at radius 1 is 1.35 bits per heavy atom. The van der Waals surface area contributed by atoms with Gasteiger partial charge in [0.25, 0.3) is 5.91 Å². The zero-order valence-electron chi connectivity index (χ0n) is 9.85. The molecule has 5 heteroatoms. The van der Waals surface area contributed by atoms with Crippen LogP contribution in [0.3, 0.4) is 0 Å². The van der Waals surface area contributed by atoms with Gasteiger partial charge in [-0.15, -0.1) is 0 Å². The Kier molecular flexibility index (Phi) is 5.59. The highest BCUT2D eigenvalue weighted by Crippen LogP contribution is 2.30. The molecule has 0 aliphatic rings. The largest absolute Gasteiger partial charge is 0.495 e. The number of methoxy groups -OCH3 is 1. The maximum absolute atomic E-state index is 11.8. The molecule has 1 rings (SSSR count). The Hall–Kier alpha value is -0.930. The van der Waals surface area contributed by atoms with Crippen LogP contribution >= 0.6 is 23.2 Å². The average molecular weight is 276 g/mol. The Morgan fingerprint density at radius 3 is 2.65 bits per heavy atom. The number of unbranched alkanes of at least 4 members (excludes halogenated alkanes) is 1. The second kappa shape index (κ2) is 6.72. The maximum atomic E-state index is 11.8. The smallest absolute Gasteiger partial charge is 0.252 e. The van der Waals surface area contributed by atoms with Crippen molar-refractivity contribution < 1.29 is 9.53 Å². The average Bonchev–Trinajstić information content (AvgIpc) is 2.31. The van der Waals surface area contributed by atoms with E-state index in [9.17, 15) is 4.79 Å². The van der Waals surface area contributed by atoms with Gasteiger partial charge < -0.3 is 10.1 Å². The van der Waals surface area contributed by atoms with E-state index in [0.717, 1.165) is 12.8 Å². The first-order chi connectivity index (χ1) is 8.10. The first-order valence-electron chi connectivity index (χ1n) is 5.41. The summed E-state index contributed by atoms with van der Waals surface area (Å²) >= 11 is 11.9. The lowest BCUT2D eigenvalue weighted by Crippen LogP contribution is -2.24. The molecule has 0 radical (unpaired) electrons. The minimum absolute atomic E-state index is 0.215. The molecule has 0 spiro atoms. The molecule has 0 atom stereocenters. The fraction of sp³-hybridized carbons (Fsp3) is 0.417. The van der Waals surface area contributed by atoms with Crippen LogP contribution in [0.15, 0.2) is 12.1 Å². The van der Waals surface area contributed by atoms with E-state index in [0.29, 0.717) is 27.9 Å². The molecular weight excluding hydrogens is 261 g/mol. The molecule has 1 aromatic carbocycles. The van der Waals surface area contributed by atoms with Crippen molar-refractivity contribution in [2.75, 3.05) is 13.7 Å². The van der Waals surface area contributed by atoms with Gasteiger partial charge in [-0.2, -0.15) is 0 Å². The normalized spacial score (nSPS) is 10.1. The van der Waals surface area contributed by atoms with Crippen LogP contribution in [0.2, 0.25) is 10.0 Å². The number of ether oxygens (including phenoxy) is 1. The summed E-state index contributed by atoms with van der Waals surface area (Å²) in [6.45, 7) is 2.69. The fourth-order valence-corrected chi connectivity index (χ4v) is 1.81. The number of nitrogens with one attached hydrogen (secondary N) is 1. The predicted molar refractivity (Wildman–Crippen MR) is 70.3 cm³/mol. The third-order valence-electron chi connectivity index (χ3n) is 2.30. The van der Waals surface area contributed by atoms with Crippen molar-refractivity contribution in [3.63, 3.8) is 0 Å². The number of halogens is 2. The maximum Gasteiger partial charge on any atom is 0.252 e. The lowest BCUT2D eigenvalue weighted by molar-refractivity contribution is 0.0953. The number of hydrogen-bond acceptors (Lipinski definition) is 2. The van der Waals surface area contributed by atoms with E-state index in [2.05, 4.69) is 12.2 Å². The molecule has 0 fully saturated rings. The van der Waals surface area contributed by atoms with Crippen LogP contribution < -0.4 is 10.1 Å². The van der Waals surface area contributed by atoms with E-state index in [1.54, 1.807) is 6.07 Å². The molecule has 0 heterocycles. The minimum atomic E-state index is -0.215. The van der Waals surface area contributed by atoms with Crippen LogP contribution in [0.25, 0.3) is 0 Å². The molecule has 0 saturated heterocycles. The van der Waals surface area contributed by atoms with Gasteiger partial charge in [-0.25, -0.2) is 0 Å². The van der Waals surface area contributed by atoms with Gasteiger partial charge in [-0.3, -0.25) is 4.79 Å². The molecule has 0 aliphatic carbocycles. The van der Waals surface area contributed by atoms with E-state index in [4.69, 9.17) is 27.9 Å². The van der Waals surface area contributed by atoms with Crippen molar-refractivity contribution in [1.82, 2.24) is 5.32 Å². The number of carbonyl (C=O) groups excluding carboxylic acids is 1. The molecule has 17 heavy (non-hydrogen) atoms. The third kappa shape index (κ3) is 3.79. The highest BCUT2D eigenvalue weighted by Gasteiger charge is 2.13. The zero-order chi connectivity index (χ0) is 12.8. The zero-order valence-corrected chi connectivity index (χ0v) is 11.4. The van der Waals surface area contributed by atoms with Gasteiger partial charge in [-0.05, 0) is 12.5 Å². The van der Waals surface area contributed by atoms with E-state index in [1.807, 2.05) is 0 Å². The third-order valence-corrected chi connectivity index (χ3v) is 2.91. The molecular formula is C12H15Cl2NO2. The summed E-state index contributed by atoms with van der Waals surface area (Å²) < 4.78 is 5.01. The number of hydrogen-bond donors (Lipinski definition) is 1. The second-order valence-electron chi connectivity index (χ2n) is 3.58. The minimum Gasteiger partial charge on any atom is -0.495 e. The highest BCUT2D eigenvalue weighted by atomic mass is 35.5. The van der Waals surface area contributed by atoms with E-state index < -0.39 is 0 Å². The molecule has 0 bridgehead atoms. The summed E-state index contributed by atoms with van der Waals surface area (Å²) in [5.41, 5.74) is 0.369. The van der Waals surface area contributed by atoms with E-state index in [-0.39, 0.29) is 5.91 Å². The molecule has 1 amide bonds. The predicted octanol–water partition coefficient (Wildman–Crippen LogP) is 3.53. The number of rotatable bonds is 5. The molecule has 0 saturated carbocycles. The van der Waals surface area contributed by atoms with Crippen LogP contribution in [-0.2, 0) is 0 Å². The van der Waals surface area contributed by atoms with Crippen molar-refractivity contribution in [3.8, 4) is 5.75 Å². The molecule has 3 nitrogen and oxygen atoms in total. The number of amides is 1. The number of carbonyl (C=O) groups is 1. The summed E-state index contributed by atoms with van der Waals surface area (Å²) in [5.74, 6) is 0.245. The van der Waals surface area contributed by atoms with Crippen molar-refractivity contribution in [3.05, 3.63) is 27.7 Å². The van der Waals surface area contributed by atoms with Gasteiger partial charge in [0, 0.05) is 12.6 Å². The standard InChI is InChI=1S/C12H15Cl2NO2/c1-3-4-5-15-12(16)8-6-10(14)11(17-2)7-9(8)13/h6-7H,3-5H2,1-2H3,(H,15,16). The molecule has 0 aliphatic heterocycles. The fourth-order valence-electron chi connectivity index (χ4n) is 1.33. The number of benzene rings is 1. The first kappa shape index (κ1) is 14.1. The van der Waals surface area contributed by atoms with Crippen LogP contribution in [0.4, 0.5) is 0 Å². The van der Waals surface area contributed by atoms with Crippen molar-refractivity contribution >= 4 is 29.1 Å². The van der Waals surface area contributed by atoms with Gasteiger partial charge in [0.15, 0.2) is 0 Å². The summed E-state index contributed by atoms with van der Waals surface area (Å²) in [6, 6.07) is 3.06. The van der Waals surface area contributed by atoms with Crippen LogP contribution in [0, 0.1) is 0 Å².